The molecule has 176 valence electrons. The fourth-order valence-electron chi connectivity index (χ4n) is 4.80. The highest BCUT2D eigenvalue weighted by atomic mass is 16.5. The van der Waals surface area contributed by atoms with Crippen LogP contribution in [0.2, 0.25) is 0 Å². The standard InChI is InChI=1S/C24H26N6O4/c1-16-12-24(30-23(32)29(22(31)28(30)13-16)18-7-5-4-6-8-18)15-27(21(25)26-24)14-17-9-10-19(33-2)11-20(17)34-3/h4-12H,13-15H2,1-3H3,(H2,25,26)/p+1/t24-/m1/s1. The van der Waals surface area contributed by atoms with Crippen molar-refractivity contribution in [1.29, 1.82) is 0 Å². The molecule has 3 heterocycles. The summed E-state index contributed by atoms with van der Waals surface area (Å²) in [4.78, 5) is 26.9. The van der Waals surface area contributed by atoms with E-state index in [9.17, 15) is 9.59 Å². The van der Waals surface area contributed by atoms with Gasteiger partial charge in [0.25, 0.3) is 0 Å². The molecule has 1 atom stereocenters. The monoisotopic (exact) mass is 463 g/mol. The van der Waals surface area contributed by atoms with Gasteiger partial charge in [0.05, 0.1) is 33.0 Å². The summed E-state index contributed by atoms with van der Waals surface area (Å²) in [5.74, 6) is 1.77. The van der Waals surface area contributed by atoms with Crippen molar-refractivity contribution >= 4 is 5.96 Å². The average Bonchev–Trinajstić information content (AvgIpc) is 3.27. The van der Waals surface area contributed by atoms with Gasteiger partial charge in [0.15, 0.2) is 0 Å². The second kappa shape index (κ2) is 7.98. The summed E-state index contributed by atoms with van der Waals surface area (Å²) in [5.41, 5.74) is 6.99. The molecule has 2 aliphatic heterocycles. The lowest BCUT2D eigenvalue weighted by molar-refractivity contribution is -0.544. The number of nitrogens with zero attached hydrogens (tertiary/aromatic N) is 4. The average molecular weight is 464 g/mol. The molecule has 0 aliphatic carbocycles. The van der Waals surface area contributed by atoms with Gasteiger partial charge in [-0.05, 0) is 42.8 Å². The Balaban J connectivity index is 1.56. The summed E-state index contributed by atoms with van der Waals surface area (Å²) < 4.78 is 16.9. The van der Waals surface area contributed by atoms with Crippen molar-refractivity contribution in [3.8, 4) is 17.2 Å². The van der Waals surface area contributed by atoms with Crippen LogP contribution in [0.1, 0.15) is 12.5 Å². The van der Waals surface area contributed by atoms with E-state index in [1.165, 1.54) is 13.9 Å². The van der Waals surface area contributed by atoms with Crippen molar-refractivity contribution in [2.45, 2.75) is 25.7 Å². The Kier molecular flexibility index (Phi) is 5.07. The highest BCUT2D eigenvalue weighted by Gasteiger charge is 2.48. The Morgan fingerprint density at radius 3 is 2.56 bits per heavy atom. The van der Waals surface area contributed by atoms with E-state index in [4.69, 9.17) is 15.2 Å². The summed E-state index contributed by atoms with van der Waals surface area (Å²) >= 11 is 0. The van der Waals surface area contributed by atoms with Crippen LogP contribution in [0.15, 0.2) is 69.8 Å². The highest BCUT2D eigenvalue weighted by molar-refractivity contribution is 5.75. The molecule has 2 aliphatic rings. The molecule has 0 saturated carbocycles. The molecule has 2 aromatic carbocycles. The Hall–Kier alpha value is -4.21. The molecular weight excluding hydrogens is 436 g/mol. The van der Waals surface area contributed by atoms with Gasteiger partial charge in [0, 0.05) is 11.6 Å². The molecule has 0 amide bonds. The van der Waals surface area contributed by atoms with Crippen LogP contribution in [0.4, 0.5) is 0 Å². The van der Waals surface area contributed by atoms with E-state index >= 15 is 0 Å². The molecule has 3 aromatic rings. The predicted octanol–water partition coefficient (Wildman–Crippen LogP) is 0.561. The molecule has 10 nitrogen and oxygen atoms in total. The summed E-state index contributed by atoms with van der Waals surface area (Å²) in [6, 6.07) is 14.5. The zero-order valence-electron chi connectivity index (χ0n) is 19.3. The van der Waals surface area contributed by atoms with E-state index in [1.54, 1.807) is 38.5 Å². The van der Waals surface area contributed by atoms with E-state index in [2.05, 4.69) is 5.32 Å². The Bertz CT molecular complexity index is 1450. The van der Waals surface area contributed by atoms with Crippen LogP contribution in [-0.4, -0.2) is 45.2 Å². The largest absolute Gasteiger partial charge is 0.497 e. The fourth-order valence-corrected chi connectivity index (χ4v) is 4.80. The smallest absolute Gasteiger partial charge is 0.355 e. The lowest BCUT2D eigenvalue weighted by Crippen LogP contribution is -2.57. The fraction of sp³-hybridized carbons (Fsp3) is 0.292. The van der Waals surface area contributed by atoms with Gasteiger partial charge in [0.2, 0.25) is 5.66 Å². The number of rotatable bonds is 5. The number of hydrogen-bond acceptors (Lipinski definition) is 6. The van der Waals surface area contributed by atoms with Gasteiger partial charge in [-0.3, -0.25) is 10.3 Å². The number of ether oxygens (including phenoxy) is 2. The number of methoxy groups -OCH3 is 2. The van der Waals surface area contributed by atoms with Crippen molar-refractivity contribution in [1.82, 2.24) is 19.2 Å². The first-order chi connectivity index (χ1) is 16.4. The summed E-state index contributed by atoms with van der Waals surface area (Å²) in [7, 11) is 3.21. The normalized spacial score (nSPS) is 19.1. The lowest BCUT2D eigenvalue weighted by atomic mass is 10.1. The molecule has 10 heteroatoms. The lowest BCUT2D eigenvalue weighted by Gasteiger charge is -2.30. The zero-order valence-corrected chi connectivity index (χ0v) is 19.3. The molecule has 0 bridgehead atoms. The number of allylic oxidation sites excluding steroid dienone is 1. The van der Waals surface area contributed by atoms with Gasteiger partial charge in [-0.15, -0.1) is 0 Å². The van der Waals surface area contributed by atoms with Gasteiger partial charge in [-0.1, -0.05) is 18.2 Å². The second-order valence-corrected chi connectivity index (χ2v) is 8.56. The molecule has 34 heavy (non-hydrogen) atoms. The number of nitrogens with two attached hydrogens (primary N) is 1. The number of benzene rings is 2. The molecule has 5 rings (SSSR count). The Labute approximate surface area is 195 Å². The van der Waals surface area contributed by atoms with Crippen LogP contribution in [0.25, 0.3) is 5.69 Å². The molecule has 0 radical (unpaired) electrons. The molecule has 0 unspecified atom stereocenters. The van der Waals surface area contributed by atoms with Crippen LogP contribution in [0.5, 0.6) is 11.5 Å². The van der Waals surface area contributed by atoms with Crippen LogP contribution in [0.3, 0.4) is 0 Å². The van der Waals surface area contributed by atoms with Gasteiger partial charge in [-0.25, -0.2) is 24.2 Å². The second-order valence-electron chi connectivity index (χ2n) is 8.56. The highest BCUT2D eigenvalue weighted by Crippen LogP contribution is 2.28. The van der Waals surface area contributed by atoms with Crippen LogP contribution in [-0.2, 0) is 18.8 Å². The van der Waals surface area contributed by atoms with Crippen molar-refractivity contribution in [2.75, 3.05) is 20.8 Å². The van der Waals surface area contributed by atoms with E-state index in [1.807, 2.05) is 41.8 Å². The van der Waals surface area contributed by atoms with Crippen molar-refractivity contribution in [3.63, 3.8) is 0 Å². The predicted molar refractivity (Wildman–Crippen MR) is 127 cm³/mol. The van der Waals surface area contributed by atoms with E-state index in [-0.39, 0.29) is 0 Å². The number of aromatic nitrogens is 3. The summed E-state index contributed by atoms with van der Waals surface area (Å²) in [5, 5.41) is 3.29. The topological polar surface area (TPSA) is 108 Å². The Morgan fingerprint density at radius 1 is 1.09 bits per heavy atom. The minimum Gasteiger partial charge on any atom is -0.497 e. The van der Waals surface area contributed by atoms with Gasteiger partial charge >= 0.3 is 17.3 Å². The van der Waals surface area contributed by atoms with Crippen molar-refractivity contribution in [3.05, 3.63) is 86.7 Å². The van der Waals surface area contributed by atoms with Gasteiger partial charge < -0.3 is 9.47 Å². The molecule has 1 spiro atoms. The number of fused-ring (bicyclic) bond motifs is 2. The van der Waals surface area contributed by atoms with Crippen molar-refractivity contribution in [2.24, 2.45) is 5.73 Å². The number of hydrogen-bond donors (Lipinski definition) is 2. The third kappa shape index (κ3) is 3.30. The molecule has 3 N–H and O–H groups in total. The zero-order chi connectivity index (χ0) is 24.0. The molecular formula is C24H27N6O4+. The van der Waals surface area contributed by atoms with Crippen LogP contribution >= 0.6 is 0 Å². The van der Waals surface area contributed by atoms with Crippen molar-refractivity contribution < 1.29 is 14.0 Å². The van der Waals surface area contributed by atoms with E-state index < -0.39 is 17.0 Å². The summed E-state index contributed by atoms with van der Waals surface area (Å²) in [6.07, 6.45) is 1.97. The third-order valence-corrected chi connectivity index (χ3v) is 6.28. The van der Waals surface area contributed by atoms with Gasteiger partial charge in [-0.2, -0.15) is 4.68 Å². The summed E-state index contributed by atoms with van der Waals surface area (Å²) in [6.45, 7) is 3.06. The molecule has 1 aromatic heterocycles. The maximum atomic E-state index is 13.6. The maximum absolute atomic E-state index is 13.6. The van der Waals surface area contributed by atoms with Crippen LogP contribution < -0.4 is 31.9 Å². The molecule has 0 saturated heterocycles. The van der Waals surface area contributed by atoms with Gasteiger partial charge in [0.1, 0.15) is 18.0 Å². The maximum Gasteiger partial charge on any atom is 0.355 e. The first-order valence-electron chi connectivity index (χ1n) is 10.9. The Morgan fingerprint density at radius 2 is 1.85 bits per heavy atom. The quantitative estimate of drug-likeness (QED) is 0.423. The minimum atomic E-state index is -0.998. The first-order valence-corrected chi connectivity index (χ1v) is 10.9. The number of guanidine groups is 1. The first kappa shape index (κ1) is 21.6. The van der Waals surface area contributed by atoms with E-state index in [0.29, 0.717) is 42.8 Å². The minimum absolute atomic E-state index is 0.323. The van der Waals surface area contributed by atoms with E-state index in [0.717, 1.165) is 11.1 Å². The molecule has 0 fully saturated rings. The third-order valence-electron chi connectivity index (χ3n) is 6.28. The number of nitrogens with one attached hydrogen (secondary N) is 1. The number of para-hydroxylation sites is 1. The van der Waals surface area contributed by atoms with Crippen LogP contribution in [0, 0.1) is 0 Å². The SMILES string of the molecule is COc1ccc(C[N+]2=C(N)N[C@@]3(C=C(C)Cn4c(=O)n(-c5ccccc5)c(=O)n43)C2)c(OC)c1.